The van der Waals surface area contributed by atoms with E-state index in [2.05, 4.69) is 56.3 Å². The molecule has 100 valence electrons. The minimum atomic E-state index is -0.229. The molecule has 0 amide bonds. The number of rotatable bonds is 2. The van der Waals surface area contributed by atoms with Gasteiger partial charge in [0.15, 0.2) is 6.29 Å². The molecule has 0 saturated carbocycles. The second kappa shape index (κ2) is 5.32. The van der Waals surface area contributed by atoms with Gasteiger partial charge in [-0.2, -0.15) is 0 Å². The van der Waals surface area contributed by atoms with Crippen LogP contribution in [-0.2, 0) is 9.47 Å². The first-order chi connectivity index (χ1) is 9.25. The summed E-state index contributed by atoms with van der Waals surface area (Å²) in [6.45, 7) is 5.18. The predicted molar refractivity (Wildman–Crippen MR) is 77.0 cm³/mol. The van der Waals surface area contributed by atoms with Crippen molar-refractivity contribution in [1.29, 1.82) is 0 Å². The third kappa shape index (κ3) is 2.51. The van der Waals surface area contributed by atoms with E-state index in [0.717, 1.165) is 18.6 Å². The first kappa shape index (κ1) is 12.6. The van der Waals surface area contributed by atoms with Gasteiger partial charge in [0, 0.05) is 5.56 Å². The van der Waals surface area contributed by atoms with Crippen LogP contribution in [0.2, 0.25) is 0 Å². The predicted octanol–water partition coefficient (Wildman–Crippen LogP) is 4.30. The molecule has 2 aromatic rings. The van der Waals surface area contributed by atoms with Crippen molar-refractivity contribution < 1.29 is 9.47 Å². The summed E-state index contributed by atoms with van der Waals surface area (Å²) in [7, 11) is 0. The molecule has 1 aliphatic rings. The SMILES string of the molecule is CC(C)[C@H]1CCO[C@@H](c2cccc3ccccc23)O1. The van der Waals surface area contributed by atoms with Crippen molar-refractivity contribution in [3.05, 3.63) is 48.0 Å². The van der Waals surface area contributed by atoms with Crippen LogP contribution in [0.3, 0.4) is 0 Å². The molecule has 0 aromatic heterocycles. The Balaban J connectivity index is 1.95. The van der Waals surface area contributed by atoms with E-state index in [1.54, 1.807) is 0 Å². The fourth-order valence-corrected chi connectivity index (χ4v) is 2.67. The Hall–Kier alpha value is -1.38. The number of ether oxygens (including phenoxy) is 2. The van der Waals surface area contributed by atoms with Crippen molar-refractivity contribution in [2.24, 2.45) is 5.92 Å². The summed E-state index contributed by atoms with van der Waals surface area (Å²) in [5.74, 6) is 0.529. The van der Waals surface area contributed by atoms with Gasteiger partial charge in [-0.3, -0.25) is 0 Å². The number of fused-ring (bicyclic) bond motifs is 1. The minimum Gasteiger partial charge on any atom is -0.348 e. The number of benzene rings is 2. The summed E-state index contributed by atoms with van der Waals surface area (Å²) < 4.78 is 12.0. The van der Waals surface area contributed by atoms with Gasteiger partial charge in [0.25, 0.3) is 0 Å². The molecule has 1 fully saturated rings. The second-order valence-electron chi connectivity index (χ2n) is 5.48. The molecule has 1 saturated heterocycles. The maximum absolute atomic E-state index is 6.12. The first-order valence-corrected chi connectivity index (χ1v) is 7.00. The zero-order valence-electron chi connectivity index (χ0n) is 11.5. The Kier molecular flexibility index (Phi) is 3.54. The van der Waals surface area contributed by atoms with Crippen LogP contribution in [0, 0.1) is 5.92 Å². The van der Waals surface area contributed by atoms with Gasteiger partial charge in [-0.05, 0) is 23.1 Å². The van der Waals surface area contributed by atoms with E-state index in [4.69, 9.17) is 9.47 Å². The Morgan fingerprint density at radius 3 is 2.68 bits per heavy atom. The van der Waals surface area contributed by atoms with E-state index >= 15 is 0 Å². The van der Waals surface area contributed by atoms with E-state index < -0.39 is 0 Å². The summed E-state index contributed by atoms with van der Waals surface area (Å²) >= 11 is 0. The van der Waals surface area contributed by atoms with E-state index in [1.807, 2.05) is 0 Å². The quantitative estimate of drug-likeness (QED) is 0.797. The van der Waals surface area contributed by atoms with Crippen LogP contribution in [0.4, 0.5) is 0 Å². The zero-order valence-corrected chi connectivity index (χ0v) is 11.5. The molecule has 0 aliphatic carbocycles. The van der Waals surface area contributed by atoms with Gasteiger partial charge >= 0.3 is 0 Å². The molecule has 2 aromatic carbocycles. The maximum atomic E-state index is 6.12. The van der Waals surface area contributed by atoms with Gasteiger partial charge in [0.1, 0.15) is 0 Å². The highest BCUT2D eigenvalue weighted by Gasteiger charge is 2.27. The Morgan fingerprint density at radius 2 is 1.84 bits per heavy atom. The van der Waals surface area contributed by atoms with E-state index in [-0.39, 0.29) is 12.4 Å². The minimum absolute atomic E-state index is 0.229. The van der Waals surface area contributed by atoms with Gasteiger partial charge in [-0.15, -0.1) is 0 Å². The zero-order chi connectivity index (χ0) is 13.2. The average Bonchev–Trinajstić information content (AvgIpc) is 2.47. The lowest BCUT2D eigenvalue weighted by Crippen LogP contribution is -2.30. The Morgan fingerprint density at radius 1 is 1.05 bits per heavy atom. The Bertz CT molecular complexity index is 557. The average molecular weight is 256 g/mol. The van der Waals surface area contributed by atoms with Crippen molar-refractivity contribution in [2.45, 2.75) is 32.7 Å². The van der Waals surface area contributed by atoms with Crippen molar-refractivity contribution >= 4 is 10.8 Å². The summed E-state index contributed by atoms with van der Waals surface area (Å²) in [4.78, 5) is 0. The molecule has 0 N–H and O–H groups in total. The van der Waals surface area contributed by atoms with Crippen LogP contribution in [0.5, 0.6) is 0 Å². The molecular weight excluding hydrogens is 236 g/mol. The van der Waals surface area contributed by atoms with Gasteiger partial charge in [0.2, 0.25) is 0 Å². The molecular formula is C17H20O2. The van der Waals surface area contributed by atoms with Crippen molar-refractivity contribution in [1.82, 2.24) is 0 Å². The molecule has 19 heavy (non-hydrogen) atoms. The monoisotopic (exact) mass is 256 g/mol. The Labute approximate surface area is 114 Å². The fourth-order valence-electron chi connectivity index (χ4n) is 2.67. The van der Waals surface area contributed by atoms with Gasteiger partial charge < -0.3 is 9.47 Å². The maximum Gasteiger partial charge on any atom is 0.184 e. The van der Waals surface area contributed by atoms with Crippen molar-refractivity contribution in [3.8, 4) is 0 Å². The molecule has 0 bridgehead atoms. The highest BCUT2D eigenvalue weighted by molar-refractivity contribution is 5.85. The lowest BCUT2D eigenvalue weighted by atomic mass is 10.0. The van der Waals surface area contributed by atoms with Crippen LogP contribution >= 0.6 is 0 Å². The van der Waals surface area contributed by atoms with Crippen LogP contribution in [0.15, 0.2) is 42.5 Å². The molecule has 2 heteroatoms. The summed E-state index contributed by atoms with van der Waals surface area (Å²) in [6, 6.07) is 14.7. The number of hydrogen-bond donors (Lipinski definition) is 0. The van der Waals surface area contributed by atoms with Gasteiger partial charge in [-0.1, -0.05) is 56.3 Å². The first-order valence-electron chi connectivity index (χ1n) is 7.00. The molecule has 3 rings (SSSR count). The van der Waals surface area contributed by atoms with E-state index in [0.29, 0.717) is 5.92 Å². The van der Waals surface area contributed by atoms with Crippen molar-refractivity contribution in [2.75, 3.05) is 6.61 Å². The van der Waals surface area contributed by atoms with Crippen LogP contribution in [0.25, 0.3) is 10.8 Å². The van der Waals surface area contributed by atoms with Crippen molar-refractivity contribution in [3.63, 3.8) is 0 Å². The lowest BCUT2D eigenvalue weighted by molar-refractivity contribution is -0.226. The van der Waals surface area contributed by atoms with Crippen LogP contribution in [-0.4, -0.2) is 12.7 Å². The van der Waals surface area contributed by atoms with Crippen LogP contribution < -0.4 is 0 Å². The molecule has 2 atom stereocenters. The molecule has 1 aliphatic heterocycles. The molecule has 1 heterocycles. The smallest absolute Gasteiger partial charge is 0.184 e. The second-order valence-corrected chi connectivity index (χ2v) is 5.48. The molecule has 0 unspecified atom stereocenters. The molecule has 0 radical (unpaired) electrons. The lowest BCUT2D eigenvalue weighted by Gasteiger charge is -2.33. The highest BCUT2D eigenvalue weighted by atomic mass is 16.7. The summed E-state index contributed by atoms with van der Waals surface area (Å²) in [5.41, 5.74) is 1.14. The summed E-state index contributed by atoms with van der Waals surface area (Å²) in [6.07, 6.45) is 1.05. The van der Waals surface area contributed by atoms with Crippen LogP contribution in [0.1, 0.15) is 32.1 Å². The van der Waals surface area contributed by atoms with Gasteiger partial charge in [-0.25, -0.2) is 0 Å². The fraction of sp³-hybridized carbons (Fsp3) is 0.412. The number of hydrogen-bond acceptors (Lipinski definition) is 2. The largest absolute Gasteiger partial charge is 0.348 e. The van der Waals surface area contributed by atoms with E-state index in [1.165, 1.54) is 10.8 Å². The third-order valence-electron chi connectivity index (χ3n) is 3.79. The standard InChI is InChI=1S/C17H20O2/c1-12(2)16-10-11-18-17(19-16)15-9-5-7-13-6-3-4-8-14(13)15/h3-9,12,16-17H,10-11H2,1-2H3/t16-,17-/m1/s1. The normalized spacial score (nSPS) is 23.9. The third-order valence-corrected chi connectivity index (χ3v) is 3.79. The summed E-state index contributed by atoms with van der Waals surface area (Å²) in [5, 5.41) is 2.46. The molecule has 0 spiro atoms. The highest BCUT2D eigenvalue weighted by Crippen LogP contribution is 2.33. The van der Waals surface area contributed by atoms with Gasteiger partial charge in [0.05, 0.1) is 12.7 Å². The molecule has 2 nitrogen and oxygen atoms in total. The topological polar surface area (TPSA) is 18.5 Å². The van der Waals surface area contributed by atoms with E-state index in [9.17, 15) is 0 Å².